The number of ether oxygens (including phenoxy) is 2. The number of nitrogens with two attached hydrogens (primary N) is 1. The molecule has 0 radical (unpaired) electrons. The third kappa shape index (κ3) is 3.95. The van der Waals surface area contributed by atoms with Crippen LogP contribution < -0.4 is 10.5 Å². The fourth-order valence-electron chi connectivity index (χ4n) is 2.77. The molecule has 4 heteroatoms. The minimum absolute atomic E-state index is 0.346. The van der Waals surface area contributed by atoms with Crippen molar-refractivity contribution >= 4 is 0 Å². The van der Waals surface area contributed by atoms with Crippen molar-refractivity contribution in [3.8, 4) is 5.75 Å². The Balaban J connectivity index is 1.71. The Morgan fingerprint density at radius 1 is 1.40 bits per heavy atom. The fourth-order valence-corrected chi connectivity index (χ4v) is 2.77. The average molecular weight is 278 g/mol. The molecule has 1 aromatic rings. The molecule has 1 fully saturated rings. The molecule has 0 aromatic heterocycles. The lowest BCUT2D eigenvalue weighted by molar-refractivity contribution is 0.0818. The SMILES string of the molecule is CC1OCCC1N(C)CCCOc1ccccc1CN. The van der Waals surface area contributed by atoms with Gasteiger partial charge in [-0.1, -0.05) is 18.2 Å². The molecule has 2 rings (SSSR count). The van der Waals surface area contributed by atoms with Gasteiger partial charge in [-0.05, 0) is 32.9 Å². The number of rotatable bonds is 7. The van der Waals surface area contributed by atoms with Gasteiger partial charge in [0.2, 0.25) is 0 Å². The topological polar surface area (TPSA) is 47.7 Å². The Bertz CT molecular complexity index is 411. The Kier molecular flexibility index (Phi) is 5.83. The minimum atomic E-state index is 0.346. The predicted octanol–water partition coefficient (Wildman–Crippen LogP) is 2.02. The summed E-state index contributed by atoms with van der Waals surface area (Å²) >= 11 is 0. The first kappa shape index (κ1) is 15.3. The number of para-hydroxylation sites is 1. The van der Waals surface area contributed by atoms with Crippen molar-refractivity contribution in [2.75, 3.05) is 26.8 Å². The van der Waals surface area contributed by atoms with Gasteiger partial charge in [0.05, 0.1) is 12.7 Å². The smallest absolute Gasteiger partial charge is 0.123 e. The highest BCUT2D eigenvalue weighted by Gasteiger charge is 2.27. The zero-order valence-electron chi connectivity index (χ0n) is 12.5. The summed E-state index contributed by atoms with van der Waals surface area (Å²) in [4.78, 5) is 2.38. The number of hydrogen-bond acceptors (Lipinski definition) is 4. The third-order valence-electron chi connectivity index (χ3n) is 4.01. The summed E-state index contributed by atoms with van der Waals surface area (Å²) in [6.07, 6.45) is 2.49. The van der Waals surface area contributed by atoms with Crippen molar-refractivity contribution in [2.24, 2.45) is 5.73 Å². The van der Waals surface area contributed by atoms with E-state index in [1.165, 1.54) is 0 Å². The largest absolute Gasteiger partial charge is 0.493 e. The predicted molar refractivity (Wildman–Crippen MR) is 80.9 cm³/mol. The van der Waals surface area contributed by atoms with Gasteiger partial charge in [-0.3, -0.25) is 0 Å². The van der Waals surface area contributed by atoms with Crippen LogP contribution in [0.15, 0.2) is 24.3 Å². The summed E-state index contributed by atoms with van der Waals surface area (Å²) in [5.74, 6) is 0.912. The van der Waals surface area contributed by atoms with Crippen LogP contribution in [0.2, 0.25) is 0 Å². The van der Waals surface area contributed by atoms with Gasteiger partial charge in [0.15, 0.2) is 0 Å². The molecule has 0 spiro atoms. The fraction of sp³-hybridized carbons (Fsp3) is 0.625. The van der Waals surface area contributed by atoms with Gasteiger partial charge in [0, 0.05) is 31.3 Å². The summed E-state index contributed by atoms with van der Waals surface area (Å²) in [7, 11) is 2.17. The van der Waals surface area contributed by atoms with Gasteiger partial charge in [-0.25, -0.2) is 0 Å². The molecule has 1 aliphatic rings. The molecule has 2 atom stereocenters. The van der Waals surface area contributed by atoms with Crippen molar-refractivity contribution in [3.05, 3.63) is 29.8 Å². The lowest BCUT2D eigenvalue weighted by atomic mass is 10.1. The Morgan fingerprint density at radius 2 is 2.20 bits per heavy atom. The van der Waals surface area contributed by atoms with Gasteiger partial charge >= 0.3 is 0 Å². The molecule has 4 nitrogen and oxygen atoms in total. The van der Waals surface area contributed by atoms with Gasteiger partial charge in [-0.15, -0.1) is 0 Å². The molecule has 2 unspecified atom stereocenters. The minimum Gasteiger partial charge on any atom is -0.493 e. The summed E-state index contributed by atoms with van der Waals surface area (Å²) in [5.41, 5.74) is 6.77. The second-order valence-corrected chi connectivity index (χ2v) is 5.43. The summed E-state index contributed by atoms with van der Waals surface area (Å²) < 4.78 is 11.4. The molecule has 0 saturated carbocycles. The van der Waals surface area contributed by atoms with Crippen molar-refractivity contribution in [3.63, 3.8) is 0 Å². The van der Waals surface area contributed by atoms with Crippen molar-refractivity contribution in [1.29, 1.82) is 0 Å². The Labute approximate surface area is 121 Å². The average Bonchev–Trinajstić information content (AvgIpc) is 2.90. The summed E-state index contributed by atoms with van der Waals surface area (Å²) in [6.45, 7) is 5.32. The maximum Gasteiger partial charge on any atom is 0.123 e. The van der Waals surface area contributed by atoms with E-state index in [0.29, 0.717) is 18.7 Å². The molecule has 0 amide bonds. The van der Waals surface area contributed by atoms with E-state index in [-0.39, 0.29) is 0 Å². The highest BCUT2D eigenvalue weighted by atomic mass is 16.5. The number of nitrogens with zero attached hydrogens (tertiary/aromatic N) is 1. The molecule has 0 bridgehead atoms. The van der Waals surface area contributed by atoms with Crippen LogP contribution in [0.3, 0.4) is 0 Å². The van der Waals surface area contributed by atoms with E-state index in [0.717, 1.165) is 43.9 Å². The zero-order chi connectivity index (χ0) is 14.4. The van der Waals surface area contributed by atoms with Gasteiger partial charge in [-0.2, -0.15) is 0 Å². The molecular weight excluding hydrogens is 252 g/mol. The molecule has 1 aliphatic heterocycles. The molecule has 1 heterocycles. The van der Waals surface area contributed by atoms with Gasteiger partial charge in [0.1, 0.15) is 5.75 Å². The molecular formula is C16H26N2O2. The first-order chi connectivity index (χ1) is 9.72. The third-order valence-corrected chi connectivity index (χ3v) is 4.01. The standard InChI is InChI=1S/C16H26N2O2/c1-13-15(8-11-19-13)18(2)9-5-10-20-16-7-4-3-6-14(16)12-17/h3-4,6-7,13,15H,5,8-12,17H2,1-2H3. The summed E-state index contributed by atoms with van der Waals surface area (Å²) in [5, 5.41) is 0. The first-order valence-corrected chi connectivity index (χ1v) is 7.45. The number of benzene rings is 1. The number of hydrogen-bond donors (Lipinski definition) is 1. The van der Waals surface area contributed by atoms with Crippen LogP contribution in [-0.4, -0.2) is 43.9 Å². The highest BCUT2D eigenvalue weighted by molar-refractivity contribution is 5.32. The van der Waals surface area contributed by atoms with Crippen molar-refractivity contribution < 1.29 is 9.47 Å². The van der Waals surface area contributed by atoms with Crippen LogP contribution >= 0.6 is 0 Å². The second-order valence-electron chi connectivity index (χ2n) is 5.43. The van der Waals surface area contributed by atoms with E-state index in [4.69, 9.17) is 15.2 Å². The molecule has 1 saturated heterocycles. The molecule has 112 valence electrons. The van der Waals surface area contributed by atoms with Crippen LogP contribution in [-0.2, 0) is 11.3 Å². The van der Waals surface area contributed by atoms with Crippen LogP contribution in [0, 0.1) is 0 Å². The maximum absolute atomic E-state index is 5.83. The molecule has 20 heavy (non-hydrogen) atoms. The quantitative estimate of drug-likeness (QED) is 0.775. The monoisotopic (exact) mass is 278 g/mol. The van der Waals surface area contributed by atoms with Crippen LogP contribution in [0.25, 0.3) is 0 Å². The van der Waals surface area contributed by atoms with Gasteiger partial charge < -0.3 is 20.1 Å². The van der Waals surface area contributed by atoms with E-state index >= 15 is 0 Å². The Hall–Kier alpha value is -1.10. The lowest BCUT2D eigenvalue weighted by Gasteiger charge is -2.26. The van der Waals surface area contributed by atoms with E-state index in [1.807, 2.05) is 24.3 Å². The van der Waals surface area contributed by atoms with E-state index in [9.17, 15) is 0 Å². The zero-order valence-corrected chi connectivity index (χ0v) is 12.5. The molecule has 2 N–H and O–H groups in total. The first-order valence-electron chi connectivity index (χ1n) is 7.45. The van der Waals surface area contributed by atoms with Crippen LogP contribution in [0.4, 0.5) is 0 Å². The Morgan fingerprint density at radius 3 is 2.90 bits per heavy atom. The van der Waals surface area contributed by atoms with Crippen molar-refractivity contribution in [2.45, 2.75) is 38.5 Å². The molecule has 1 aromatic carbocycles. The summed E-state index contributed by atoms with van der Waals surface area (Å²) in [6, 6.07) is 8.52. The van der Waals surface area contributed by atoms with E-state index in [1.54, 1.807) is 0 Å². The highest BCUT2D eigenvalue weighted by Crippen LogP contribution is 2.19. The second kappa shape index (κ2) is 7.62. The lowest BCUT2D eigenvalue weighted by Crippen LogP contribution is -2.37. The van der Waals surface area contributed by atoms with E-state index < -0.39 is 0 Å². The van der Waals surface area contributed by atoms with E-state index in [2.05, 4.69) is 18.9 Å². The van der Waals surface area contributed by atoms with Crippen LogP contribution in [0.1, 0.15) is 25.3 Å². The maximum atomic E-state index is 5.83. The van der Waals surface area contributed by atoms with Gasteiger partial charge in [0.25, 0.3) is 0 Å². The normalized spacial score (nSPS) is 22.4. The van der Waals surface area contributed by atoms with Crippen LogP contribution in [0.5, 0.6) is 5.75 Å². The van der Waals surface area contributed by atoms with Crippen molar-refractivity contribution in [1.82, 2.24) is 4.90 Å². The number of likely N-dealkylation sites (N-methyl/N-ethyl adjacent to an activating group) is 1. The molecule has 0 aliphatic carbocycles.